The zero-order valence-electron chi connectivity index (χ0n) is 17.0. The molecule has 1 aliphatic rings. The van der Waals surface area contributed by atoms with E-state index >= 15 is 0 Å². The van der Waals surface area contributed by atoms with Gasteiger partial charge in [0, 0.05) is 18.0 Å². The SMILES string of the molecule is CCCCCc1cnc(-c2ccc(OC[C@H]3CC[C@H](CC)CC3)cc2)nc1. The summed E-state index contributed by atoms with van der Waals surface area (Å²) >= 11 is 0. The Morgan fingerprint density at radius 1 is 0.889 bits per heavy atom. The minimum atomic E-state index is 0.719. The second-order valence-electron chi connectivity index (χ2n) is 8.00. The summed E-state index contributed by atoms with van der Waals surface area (Å²) in [5, 5.41) is 0. The second-order valence-corrected chi connectivity index (χ2v) is 8.00. The Labute approximate surface area is 164 Å². The van der Waals surface area contributed by atoms with Crippen molar-refractivity contribution in [3.63, 3.8) is 0 Å². The Morgan fingerprint density at radius 2 is 1.56 bits per heavy atom. The van der Waals surface area contributed by atoms with Gasteiger partial charge in [-0.05, 0) is 67.3 Å². The third-order valence-corrected chi connectivity index (χ3v) is 5.92. The van der Waals surface area contributed by atoms with E-state index in [2.05, 4.69) is 35.9 Å². The molecule has 2 aromatic rings. The first-order chi connectivity index (χ1) is 13.3. The average Bonchev–Trinajstić information content (AvgIpc) is 2.74. The zero-order chi connectivity index (χ0) is 18.9. The molecular formula is C24H34N2O. The molecule has 27 heavy (non-hydrogen) atoms. The van der Waals surface area contributed by atoms with Crippen molar-refractivity contribution < 1.29 is 4.74 Å². The van der Waals surface area contributed by atoms with E-state index in [1.54, 1.807) is 0 Å². The Kier molecular flexibility index (Phi) is 7.67. The van der Waals surface area contributed by atoms with Crippen LogP contribution in [-0.4, -0.2) is 16.6 Å². The fourth-order valence-corrected chi connectivity index (χ4v) is 3.93. The second kappa shape index (κ2) is 10.4. The molecule has 3 rings (SSSR count). The topological polar surface area (TPSA) is 35.0 Å². The van der Waals surface area contributed by atoms with Gasteiger partial charge in [0.2, 0.25) is 0 Å². The highest BCUT2D eigenvalue weighted by molar-refractivity contribution is 5.55. The first-order valence-electron chi connectivity index (χ1n) is 10.8. The molecule has 1 aromatic carbocycles. The number of aryl methyl sites for hydroxylation is 1. The Bertz CT molecular complexity index is 658. The lowest BCUT2D eigenvalue weighted by atomic mass is 9.81. The summed E-state index contributed by atoms with van der Waals surface area (Å²) in [5.41, 5.74) is 2.27. The number of ether oxygens (including phenoxy) is 1. The third kappa shape index (κ3) is 6.05. The van der Waals surface area contributed by atoms with Crippen LogP contribution in [-0.2, 0) is 6.42 Å². The molecule has 1 heterocycles. The summed E-state index contributed by atoms with van der Waals surface area (Å²) in [6, 6.07) is 8.22. The van der Waals surface area contributed by atoms with Crippen LogP contribution in [0, 0.1) is 11.8 Å². The minimum absolute atomic E-state index is 0.719. The highest BCUT2D eigenvalue weighted by Gasteiger charge is 2.20. The van der Waals surface area contributed by atoms with Crippen molar-refractivity contribution in [1.82, 2.24) is 9.97 Å². The molecule has 1 fully saturated rings. The van der Waals surface area contributed by atoms with Gasteiger partial charge in [-0.3, -0.25) is 0 Å². The largest absolute Gasteiger partial charge is 0.493 e. The van der Waals surface area contributed by atoms with Gasteiger partial charge in [0.25, 0.3) is 0 Å². The molecule has 0 amide bonds. The number of rotatable bonds is 9. The van der Waals surface area contributed by atoms with Crippen molar-refractivity contribution in [3.05, 3.63) is 42.2 Å². The molecule has 3 nitrogen and oxygen atoms in total. The predicted octanol–water partition coefficient (Wildman–Crippen LogP) is 6.47. The van der Waals surface area contributed by atoms with E-state index in [4.69, 9.17) is 4.74 Å². The van der Waals surface area contributed by atoms with Crippen LogP contribution in [0.2, 0.25) is 0 Å². The summed E-state index contributed by atoms with van der Waals surface area (Å²) in [6.07, 6.45) is 15.4. The highest BCUT2D eigenvalue weighted by Crippen LogP contribution is 2.31. The van der Waals surface area contributed by atoms with Crippen molar-refractivity contribution in [3.8, 4) is 17.1 Å². The number of hydrogen-bond acceptors (Lipinski definition) is 3. The maximum atomic E-state index is 6.04. The first kappa shape index (κ1) is 19.9. The fraction of sp³-hybridized carbons (Fsp3) is 0.583. The van der Waals surface area contributed by atoms with Gasteiger partial charge in [0.15, 0.2) is 5.82 Å². The van der Waals surface area contributed by atoms with E-state index in [0.717, 1.165) is 42.0 Å². The van der Waals surface area contributed by atoms with Gasteiger partial charge in [0.05, 0.1) is 6.61 Å². The average molecular weight is 367 g/mol. The molecule has 1 aliphatic carbocycles. The first-order valence-corrected chi connectivity index (χ1v) is 10.8. The van der Waals surface area contributed by atoms with E-state index in [9.17, 15) is 0 Å². The van der Waals surface area contributed by atoms with E-state index in [1.807, 2.05) is 24.5 Å². The Hall–Kier alpha value is -1.90. The zero-order valence-corrected chi connectivity index (χ0v) is 17.0. The summed E-state index contributed by atoms with van der Waals surface area (Å²) in [5.74, 6) is 3.40. The Morgan fingerprint density at radius 3 is 2.19 bits per heavy atom. The molecule has 0 aliphatic heterocycles. The summed E-state index contributed by atoms with van der Waals surface area (Å²) in [4.78, 5) is 9.08. The van der Waals surface area contributed by atoms with Crippen LogP contribution in [0.15, 0.2) is 36.7 Å². The predicted molar refractivity (Wildman–Crippen MR) is 112 cm³/mol. The van der Waals surface area contributed by atoms with Gasteiger partial charge in [-0.15, -0.1) is 0 Å². The van der Waals surface area contributed by atoms with Crippen LogP contribution in [0.4, 0.5) is 0 Å². The minimum Gasteiger partial charge on any atom is -0.493 e. The van der Waals surface area contributed by atoms with Crippen LogP contribution >= 0.6 is 0 Å². The lowest BCUT2D eigenvalue weighted by Gasteiger charge is -2.27. The quantitative estimate of drug-likeness (QED) is 0.477. The van der Waals surface area contributed by atoms with Crippen LogP contribution in [0.3, 0.4) is 0 Å². The normalized spacial score (nSPS) is 19.8. The van der Waals surface area contributed by atoms with Crippen molar-refractivity contribution in [2.45, 2.75) is 71.6 Å². The standard InChI is InChI=1S/C24H34N2O/c1-3-5-6-7-21-16-25-24(26-17-21)22-12-14-23(15-13-22)27-18-20-10-8-19(4-2)9-11-20/h12-17,19-20H,3-11,18H2,1-2H3/t19-,20-. The van der Waals surface area contributed by atoms with Gasteiger partial charge in [0.1, 0.15) is 5.75 Å². The summed E-state index contributed by atoms with van der Waals surface area (Å²) in [6.45, 7) is 5.38. The van der Waals surface area contributed by atoms with Crippen LogP contribution < -0.4 is 4.74 Å². The van der Waals surface area contributed by atoms with E-state index in [-0.39, 0.29) is 0 Å². The highest BCUT2D eigenvalue weighted by atomic mass is 16.5. The number of aromatic nitrogens is 2. The molecule has 1 saturated carbocycles. The molecule has 3 heteroatoms. The van der Waals surface area contributed by atoms with Crippen molar-refractivity contribution in [1.29, 1.82) is 0 Å². The molecule has 1 aromatic heterocycles. The van der Waals surface area contributed by atoms with E-state index < -0.39 is 0 Å². The van der Waals surface area contributed by atoms with Gasteiger partial charge in [-0.25, -0.2) is 9.97 Å². The maximum Gasteiger partial charge on any atom is 0.159 e. The molecular weight excluding hydrogens is 332 g/mol. The molecule has 0 saturated heterocycles. The summed E-state index contributed by atoms with van der Waals surface area (Å²) in [7, 11) is 0. The van der Waals surface area contributed by atoms with E-state index in [1.165, 1.54) is 56.9 Å². The van der Waals surface area contributed by atoms with Gasteiger partial charge in [-0.2, -0.15) is 0 Å². The van der Waals surface area contributed by atoms with Crippen LogP contribution in [0.1, 0.15) is 70.8 Å². The molecule has 0 N–H and O–H groups in total. The lowest BCUT2D eigenvalue weighted by molar-refractivity contribution is 0.181. The lowest BCUT2D eigenvalue weighted by Crippen LogP contribution is -2.19. The number of hydrogen-bond donors (Lipinski definition) is 0. The van der Waals surface area contributed by atoms with Crippen molar-refractivity contribution in [2.75, 3.05) is 6.61 Å². The van der Waals surface area contributed by atoms with E-state index in [0.29, 0.717) is 0 Å². The van der Waals surface area contributed by atoms with Gasteiger partial charge in [-0.1, -0.05) is 46.0 Å². The fourth-order valence-electron chi connectivity index (χ4n) is 3.93. The molecule has 0 unspecified atom stereocenters. The maximum absolute atomic E-state index is 6.04. The Balaban J connectivity index is 1.48. The molecule has 0 bridgehead atoms. The number of benzene rings is 1. The monoisotopic (exact) mass is 366 g/mol. The number of unbranched alkanes of at least 4 members (excludes halogenated alkanes) is 2. The molecule has 0 radical (unpaired) electrons. The third-order valence-electron chi connectivity index (χ3n) is 5.92. The van der Waals surface area contributed by atoms with Crippen molar-refractivity contribution >= 4 is 0 Å². The number of nitrogens with zero attached hydrogens (tertiary/aromatic N) is 2. The summed E-state index contributed by atoms with van der Waals surface area (Å²) < 4.78 is 6.04. The van der Waals surface area contributed by atoms with Crippen LogP contribution in [0.25, 0.3) is 11.4 Å². The molecule has 146 valence electrons. The van der Waals surface area contributed by atoms with Crippen LogP contribution in [0.5, 0.6) is 5.75 Å². The molecule has 0 atom stereocenters. The smallest absolute Gasteiger partial charge is 0.159 e. The van der Waals surface area contributed by atoms with Gasteiger partial charge >= 0.3 is 0 Å². The van der Waals surface area contributed by atoms with Crippen molar-refractivity contribution in [2.24, 2.45) is 11.8 Å². The molecule has 0 spiro atoms. The van der Waals surface area contributed by atoms with Gasteiger partial charge < -0.3 is 4.74 Å².